The van der Waals surface area contributed by atoms with Crippen LogP contribution in [0.1, 0.15) is 11.7 Å². The van der Waals surface area contributed by atoms with Crippen molar-refractivity contribution in [3.05, 3.63) is 30.1 Å². The number of hydrogen-bond donors (Lipinski definition) is 4. The molecule has 2 aromatic heterocycles. The number of hydrogen-bond acceptors (Lipinski definition) is 4. The monoisotopic (exact) mass is 208 g/mol. The molecule has 2 rings (SSSR count). The topological polar surface area (TPSA) is 89.4 Å². The summed E-state index contributed by atoms with van der Waals surface area (Å²) in [6.45, 7) is -0.478. The van der Waals surface area contributed by atoms with Crippen molar-refractivity contribution in [3.63, 3.8) is 0 Å². The molecule has 0 saturated carbocycles. The second-order valence-electron chi connectivity index (χ2n) is 3.34. The Morgan fingerprint density at radius 2 is 2.20 bits per heavy atom. The van der Waals surface area contributed by atoms with Gasteiger partial charge < -0.3 is 20.3 Å². The predicted molar refractivity (Wildman–Crippen MR) is 54.1 cm³/mol. The van der Waals surface area contributed by atoms with Crippen LogP contribution >= 0.6 is 0 Å². The molecule has 0 saturated heterocycles. The van der Waals surface area contributed by atoms with Crippen LogP contribution in [-0.2, 0) is 0 Å². The zero-order valence-electron chi connectivity index (χ0n) is 7.96. The summed E-state index contributed by atoms with van der Waals surface area (Å²) in [5.74, 6) is 0. The Morgan fingerprint density at radius 3 is 2.93 bits per heavy atom. The van der Waals surface area contributed by atoms with E-state index < -0.39 is 18.8 Å². The van der Waals surface area contributed by atoms with Crippen molar-refractivity contribution in [2.45, 2.75) is 12.2 Å². The van der Waals surface area contributed by atoms with Crippen LogP contribution in [0.2, 0.25) is 0 Å². The molecule has 0 aliphatic heterocycles. The van der Waals surface area contributed by atoms with Gasteiger partial charge >= 0.3 is 0 Å². The summed E-state index contributed by atoms with van der Waals surface area (Å²) in [5.41, 5.74) is 1.19. The molecule has 0 spiro atoms. The molecule has 80 valence electrons. The van der Waals surface area contributed by atoms with E-state index in [-0.39, 0.29) is 0 Å². The SMILES string of the molecule is OCC(O)C(O)c1c[nH]c2ncccc12. The Balaban J connectivity index is 2.43. The number of nitrogens with one attached hydrogen (secondary N) is 1. The standard InChI is InChI=1S/C10H12N2O3/c13-5-8(14)9(15)7-4-12-10-6(7)2-1-3-11-10/h1-4,8-9,13-15H,5H2,(H,11,12). The number of aliphatic hydroxyl groups is 3. The van der Waals surface area contributed by atoms with Crippen LogP contribution in [0.3, 0.4) is 0 Å². The molecule has 0 bridgehead atoms. The van der Waals surface area contributed by atoms with Crippen LogP contribution < -0.4 is 0 Å². The van der Waals surface area contributed by atoms with E-state index in [4.69, 9.17) is 5.11 Å². The number of aromatic amines is 1. The van der Waals surface area contributed by atoms with Crippen molar-refractivity contribution in [1.29, 1.82) is 0 Å². The van der Waals surface area contributed by atoms with Gasteiger partial charge in [-0.05, 0) is 12.1 Å². The summed E-state index contributed by atoms with van der Waals surface area (Å²) >= 11 is 0. The number of rotatable bonds is 3. The molecule has 2 unspecified atom stereocenters. The fraction of sp³-hybridized carbons (Fsp3) is 0.300. The van der Waals surface area contributed by atoms with Crippen LogP contribution in [0.4, 0.5) is 0 Å². The molecule has 0 amide bonds. The average molecular weight is 208 g/mol. The summed E-state index contributed by atoms with van der Waals surface area (Å²) in [4.78, 5) is 6.94. The van der Waals surface area contributed by atoms with E-state index in [0.29, 0.717) is 11.2 Å². The highest BCUT2D eigenvalue weighted by Crippen LogP contribution is 2.24. The quantitative estimate of drug-likeness (QED) is 0.569. The van der Waals surface area contributed by atoms with Gasteiger partial charge in [0.1, 0.15) is 17.9 Å². The predicted octanol–water partition coefficient (Wildman–Crippen LogP) is -0.0505. The lowest BCUT2D eigenvalue weighted by Crippen LogP contribution is -2.21. The Morgan fingerprint density at radius 1 is 1.40 bits per heavy atom. The van der Waals surface area contributed by atoms with Crippen molar-refractivity contribution in [2.24, 2.45) is 0 Å². The summed E-state index contributed by atoms with van der Waals surface area (Å²) in [6, 6.07) is 3.54. The van der Waals surface area contributed by atoms with Gasteiger partial charge in [-0.25, -0.2) is 4.98 Å². The summed E-state index contributed by atoms with van der Waals surface area (Å²) in [5, 5.41) is 28.5. The van der Waals surface area contributed by atoms with E-state index in [2.05, 4.69) is 9.97 Å². The van der Waals surface area contributed by atoms with Crippen molar-refractivity contribution in [3.8, 4) is 0 Å². The zero-order valence-corrected chi connectivity index (χ0v) is 7.96. The molecule has 4 N–H and O–H groups in total. The molecule has 5 heteroatoms. The van der Waals surface area contributed by atoms with Gasteiger partial charge in [0.2, 0.25) is 0 Å². The van der Waals surface area contributed by atoms with Gasteiger partial charge in [-0.15, -0.1) is 0 Å². The minimum atomic E-state index is -1.18. The van der Waals surface area contributed by atoms with Gasteiger partial charge in [0.05, 0.1) is 6.61 Å². The zero-order chi connectivity index (χ0) is 10.8. The molecule has 0 radical (unpaired) electrons. The van der Waals surface area contributed by atoms with Gasteiger partial charge in [-0.2, -0.15) is 0 Å². The van der Waals surface area contributed by atoms with E-state index in [0.717, 1.165) is 5.39 Å². The van der Waals surface area contributed by atoms with E-state index in [1.165, 1.54) is 0 Å². The summed E-state index contributed by atoms with van der Waals surface area (Å²) in [7, 11) is 0. The molecule has 5 nitrogen and oxygen atoms in total. The van der Waals surface area contributed by atoms with Crippen molar-refractivity contribution >= 4 is 11.0 Å². The molecule has 0 aliphatic carbocycles. The second-order valence-corrected chi connectivity index (χ2v) is 3.34. The van der Waals surface area contributed by atoms with E-state index >= 15 is 0 Å². The molecule has 15 heavy (non-hydrogen) atoms. The molecule has 2 atom stereocenters. The fourth-order valence-corrected chi connectivity index (χ4v) is 1.53. The first-order valence-electron chi connectivity index (χ1n) is 4.63. The Kier molecular flexibility index (Phi) is 2.68. The highest BCUT2D eigenvalue weighted by Gasteiger charge is 2.20. The first kappa shape index (κ1) is 10.1. The maximum atomic E-state index is 9.72. The Labute approximate surface area is 86.0 Å². The molecule has 2 heterocycles. The highest BCUT2D eigenvalue weighted by molar-refractivity contribution is 5.79. The normalized spacial score (nSPS) is 15.4. The van der Waals surface area contributed by atoms with Crippen LogP contribution in [0, 0.1) is 0 Å². The van der Waals surface area contributed by atoms with Crippen molar-refractivity contribution < 1.29 is 15.3 Å². The van der Waals surface area contributed by atoms with Gasteiger partial charge in [0.25, 0.3) is 0 Å². The molecular weight excluding hydrogens is 196 g/mol. The van der Waals surface area contributed by atoms with Crippen LogP contribution in [-0.4, -0.2) is 38.0 Å². The lowest BCUT2D eigenvalue weighted by molar-refractivity contribution is -0.0145. The van der Waals surface area contributed by atoms with Crippen LogP contribution in [0.15, 0.2) is 24.5 Å². The number of fused-ring (bicyclic) bond motifs is 1. The minimum Gasteiger partial charge on any atom is -0.394 e. The van der Waals surface area contributed by atoms with E-state index in [9.17, 15) is 10.2 Å². The number of pyridine rings is 1. The molecular formula is C10H12N2O3. The second kappa shape index (κ2) is 3.98. The molecule has 0 fully saturated rings. The molecule has 0 aromatic carbocycles. The first-order chi connectivity index (χ1) is 7.24. The highest BCUT2D eigenvalue weighted by atomic mass is 16.4. The van der Waals surface area contributed by atoms with E-state index in [1.807, 2.05) is 0 Å². The largest absolute Gasteiger partial charge is 0.394 e. The third-order valence-electron chi connectivity index (χ3n) is 2.35. The Hall–Kier alpha value is -1.43. The average Bonchev–Trinajstić information content (AvgIpc) is 2.70. The van der Waals surface area contributed by atoms with Crippen molar-refractivity contribution in [2.75, 3.05) is 6.61 Å². The van der Waals surface area contributed by atoms with Crippen LogP contribution in [0.5, 0.6) is 0 Å². The third kappa shape index (κ3) is 1.72. The molecule has 0 aliphatic rings. The lowest BCUT2D eigenvalue weighted by atomic mass is 10.1. The third-order valence-corrected chi connectivity index (χ3v) is 2.35. The van der Waals surface area contributed by atoms with Crippen LogP contribution in [0.25, 0.3) is 11.0 Å². The first-order valence-corrected chi connectivity index (χ1v) is 4.63. The van der Waals surface area contributed by atoms with Gasteiger partial charge in [0.15, 0.2) is 0 Å². The Bertz CT molecular complexity index is 455. The minimum absolute atomic E-state index is 0.478. The summed E-state index contributed by atoms with van der Waals surface area (Å²) in [6.07, 6.45) is 0.941. The smallest absolute Gasteiger partial charge is 0.137 e. The lowest BCUT2D eigenvalue weighted by Gasteiger charge is -2.14. The number of H-pyrrole nitrogens is 1. The number of aliphatic hydroxyl groups excluding tert-OH is 3. The maximum absolute atomic E-state index is 9.72. The number of aromatic nitrogens is 2. The van der Waals surface area contributed by atoms with Gasteiger partial charge in [0, 0.05) is 23.3 Å². The molecule has 2 aromatic rings. The number of nitrogens with zero attached hydrogens (tertiary/aromatic N) is 1. The van der Waals surface area contributed by atoms with E-state index in [1.54, 1.807) is 24.5 Å². The van der Waals surface area contributed by atoms with Gasteiger partial charge in [-0.1, -0.05) is 0 Å². The summed E-state index contributed by atoms with van der Waals surface area (Å²) < 4.78 is 0. The van der Waals surface area contributed by atoms with Gasteiger partial charge in [-0.3, -0.25) is 0 Å². The maximum Gasteiger partial charge on any atom is 0.137 e. The fourth-order valence-electron chi connectivity index (χ4n) is 1.53. The van der Waals surface area contributed by atoms with Crippen molar-refractivity contribution in [1.82, 2.24) is 9.97 Å².